The average Bonchev–Trinajstić information content (AvgIpc) is 3.03. The highest BCUT2D eigenvalue weighted by Gasteiger charge is 2.13. The smallest absolute Gasteiger partial charge is 0.191 e. The number of para-hydroxylation sites is 1. The van der Waals surface area contributed by atoms with Crippen LogP contribution in [0.5, 0.6) is 5.75 Å². The lowest BCUT2D eigenvalue weighted by Gasteiger charge is -2.09. The van der Waals surface area contributed by atoms with Gasteiger partial charge in [0.2, 0.25) is 0 Å². The van der Waals surface area contributed by atoms with Crippen LogP contribution in [-0.4, -0.2) is 27.1 Å². The molecule has 2 aromatic carbocycles. The number of aromatic nitrogens is 3. The number of aryl methyl sites for hydroxylation is 2. The van der Waals surface area contributed by atoms with Crippen molar-refractivity contribution >= 4 is 11.8 Å². The second-order valence-electron chi connectivity index (χ2n) is 5.88. The number of hydrogen-bond donors (Lipinski definition) is 0. The Morgan fingerprint density at radius 3 is 2.64 bits per heavy atom. The van der Waals surface area contributed by atoms with E-state index in [1.165, 1.54) is 5.56 Å². The fourth-order valence-corrected chi connectivity index (χ4v) is 3.50. The number of nitrogens with zero attached hydrogens (tertiary/aromatic N) is 3. The predicted molar refractivity (Wildman–Crippen MR) is 103 cm³/mol. The van der Waals surface area contributed by atoms with Crippen molar-refractivity contribution in [3.05, 3.63) is 59.7 Å². The van der Waals surface area contributed by atoms with E-state index >= 15 is 0 Å². The molecule has 0 unspecified atom stereocenters. The Hall–Kier alpha value is -2.27. The summed E-state index contributed by atoms with van der Waals surface area (Å²) in [5, 5.41) is 9.71. The summed E-state index contributed by atoms with van der Waals surface area (Å²) in [6.45, 7) is 7.76. The lowest BCUT2D eigenvalue weighted by Crippen LogP contribution is -2.04. The van der Waals surface area contributed by atoms with E-state index in [9.17, 15) is 0 Å². The summed E-state index contributed by atoms with van der Waals surface area (Å²) < 4.78 is 8.02. The molecular weight excluding hydrogens is 330 g/mol. The summed E-state index contributed by atoms with van der Waals surface area (Å²) in [5.41, 5.74) is 3.49. The van der Waals surface area contributed by atoms with Crippen LogP contribution in [0, 0.1) is 13.8 Å². The second kappa shape index (κ2) is 8.21. The topological polar surface area (TPSA) is 39.9 Å². The molecule has 0 saturated carbocycles. The van der Waals surface area contributed by atoms with E-state index in [1.54, 1.807) is 11.8 Å². The van der Waals surface area contributed by atoms with Gasteiger partial charge in [-0.05, 0) is 38.5 Å². The third kappa shape index (κ3) is 4.23. The van der Waals surface area contributed by atoms with Gasteiger partial charge in [-0.2, -0.15) is 0 Å². The molecule has 3 aromatic rings. The summed E-state index contributed by atoms with van der Waals surface area (Å²) in [6, 6.07) is 16.5. The third-order valence-corrected chi connectivity index (χ3v) is 4.91. The molecule has 0 aliphatic heterocycles. The van der Waals surface area contributed by atoms with Crippen LogP contribution in [0.25, 0.3) is 11.4 Å². The maximum absolute atomic E-state index is 5.86. The average molecular weight is 353 g/mol. The van der Waals surface area contributed by atoms with E-state index in [1.807, 2.05) is 18.2 Å². The first-order valence-corrected chi connectivity index (χ1v) is 9.49. The van der Waals surface area contributed by atoms with Crippen molar-refractivity contribution in [1.29, 1.82) is 0 Å². The molecule has 0 fully saturated rings. The maximum Gasteiger partial charge on any atom is 0.191 e. The molecule has 5 heteroatoms. The zero-order valence-corrected chi connectivity index (χ0v) is 15.7. The molecule has 0 spiro atoms. The van der Waals surface area contributed by atoms with E-state index in [2.05, 4.69) is 65.9 Å². The third-order valence-electron chi connectivity index (χ3n) is 3.97. The molecule has 0 radical (unpaired) electrons. The number of hydrogen-bond acceptors (Lipinski definition) is 4. The lowest BCUT2D eigenvalue weighted by atomic mass is 10.1. The van der Waals surface area contributed by atoms with Gasteiger partial charge in [-0.25, -0.2) is 0 Å². The molecule has 0 saturated heterocycles. The van der Waals surface area contributed by atoms with Crippen molar-refractivity contribution in [3.8, 4) is 17.1 Å². The zero-order chi connectivity index (χ0) is 17.6. The molecule has 3 rings (SSSR count). The minimum Gasteiger partial charge on any atom is -0.492 e. The minimum absolute atomic E-state index is 0.645. The van der Waals surface area contributed by atoms with E-state index in [-0.39, 0.29) is 0 Å². The molecule has 0 N–H and O–H groups in total. The number of rotatable bonds is 7. The van der Waals surface area contributed by atoms with Crippen molar-refractivity contribution in [2.45, 2.75) is 32.5 Å². The molecule has 4 nitrogen and oxygen atoms in total. The minimum atomic E-state index is 0.645. The lowest BCUT2D eigenvalue weighted by molar-refractivity contribution is 0.341. The first-order valence-electron chi connectivity index (χ1n) is 8.50. The van der Waals surface area contributed by atoms with Crippen molar-refractivity contribution in [3.63, 3.8) is 0 Å². The summed E-state index contributed by atoms with van der Waals surface area (Å²) >= 11 is 1.68. The highest BCUT2D eigenvalue weighted by molar-refractivity contribution is 7.99. The Bertz CT molecular complexity index is 844. The van der Waals surface area contributed by atoms with Crippen LogP contribution in [0.2, 0.25) is 0 Å². The molecule has 0 bridgehead atoms. The van der Waals surface area contributed by atoms with E-state index in [0.29, 0.717) is 6.61 Å². The van der Waals surface area contributed by atoms with E-state index < -0.39 is 0 Å². The van der Waals surface area contributed by atoms with Crippen LogP contribution in [-0.2, 0) is 6.54 Å². The number of ether oxygens (including phenoxy) is 1. The Kier molecular flexibility index (Phi) is 5.76. The molecular formula is C20H23N3OS. The Labute approximate surface area is 153 Å². The van der Waals surface area contributed by atoms with Gasteiger partial charge in [0, 0.05) is 17.9 Å². The predicted octanol–water partition coefficient (Wildman–Crippen LogP) is 4.75. The largest absolute Gasteiger partial charge is 0.492 e. The Morgan fingerprint density at radius 2 is 1.88 bits per heavy atom. The molecule has 1 aromatic heterocycles. The van der Waals surface area contributed by atoms with Crippen LogP contribution in [0.15, 0.2) is 53.7 Å². The molecule has 0 aliphatic rings. The fraction of sp³-hybridized carbons (Fsp3) is 0.300. The maximum atomic E-state index is 5.86. The van der Waals surface area contributed by atoms with Crippen molar-refractivity contribution in [2.75, 3.05) is 12.4 Å². The van der Waals surface area contributed by atoms with E-state index in [0.717, 1.165) is 40.2 Å². The van der Waals surface area contributed by atoms with Crippen molar-refractivity contribution < 1.29 is 4.74 Å². The summed E-state index contributed by atoms with van der Waals surface area (Å²) in [6.07, 6.45) is 0. The van der Waals surface area contributed by atoms with Gasteiger partial charge < -0.3 is 9.30 Å². The monoisotopic (exact) mass is 353 g/mol. The SMILES string of the molecule is CCn1c(SCCOc2ccccc2C)nnc1-c1cccc(C)c1. The molecule has 1 heterocycles. The van der Waals surface area contributed by atoms with Gasteiger partial charge in [0.1, 0.15) is 5.75 Å². The molecule has 0 atom stereocenters. The molecule has 25 heavy (non-hydrogen) atoms. The first kappa shape index (κ1) is 17.5. The van der Waals surface area contributed by atoms with E-state index in [4.69, 9.17) is 4.74 Å². The number of thioether (sulfide) groups is 1. The van der Waals surface area contributed by atoms with Gasteiger partial charge in [-0.15, -0.1) is 10.2 Å². The van der Waals surface area contributed by atoms with Crippen molar-refractivity contribution in [1.82, 2.24) is 14.8 Å². The fourth-order valence-electron chi connectivity index (χ4n) is 2.68. The summed E-state index contributed by atoms with van der Waals surface area (Å²) in [7, 11) is 0. The first-order chi connectivity index (χ1) is 12.2. The van der Waals surface area contributed by atoms with Gasteiger partial charge in [0.15, 0.2) is 11.0 Å². The molecule has 130 valence electrons. The van der Waals surface area contributed by atoms with Gasteiger partial charge in [0.25, 0.3) is 0 Å². The van der Waals surface area contributed by atoms with Gasteiger partial charge in [0.05, 0.1) is 6.61 Å². The normalized spacial score (nSPS) is 10.8. The van der Waals surface area contributed by atoms with Crippen LogP contribution in [0.3, 0.4) is 0 Å². The highest BCUT2D eigenvalue weighted by atomic mass is 32.2. The number of benzene rings is 2. The van der Waals surface area contributed by atoms with Crippen LogP contribution in [0.1, 0.15) is 18.1 Å². The van der Waals surface area contributed by atoms with Gasteiger partial charge in [-0.3, -0.25) is 0 Å². The van der Waals surface area contributed by atoms with Gasteiger partial charge >= 0.3 is 0 Å². The van der Waals surface area contributed by atoms with Crippen LogP contribution < -0.4 is 4.74 Å². The molecule has 0 amide bonds. The second-order valence-corrected chi connectivity index (χ2v) is 6.94. The Balaban J connectivity index is 1.64. The highest BCUT2D eigenvalue weighted by Crippen LogP contribution is 2.25. The quantitative estimate of drug-likeness (QED) is 0.454. The zero-order valence-electron chi connectivity index (χ0n) is 14.9. The van der Waals surface area contributed by atoms with Crippen LogP contribution >= 0.6 is 11.8 Å². The summed E-state index contributed by atoms with van der Waals surface area (Å²) in [4.78, 5) is 0. The van der Waals surface area contributed by atoms with Gasteiger partial charge in [-0.1, -0.05) is 53.7 Å². The van der Waals surface area contributed by atoms with Crippen molar-refractivity contribution in [2.24, 2.45) is 0 Å². The molecule has 0 aliphatic carbocycles. The summed E-state index contributed by atoms with van der Waals surface area (Å²) in [5.74, 6) is 2.70. The van der Waals surface area contributed by atoms with Crippen LogP contribution in [0.4, 0.5) is 0 Å². The standard InChI is InChI=1S/C20H23N3OS/c1-4-23-19(17-10-7-8-15(2)14-17)21-22-20(23)25-13-12-24-18-11-6-5-9-16(18)3/h5-11,14H,4,12-13H2,1-3H3. The Morgan fingerprint density at radius 1 is 1.04 bits per heavy atom.